The Labute approximate surface area is 130 Å². The Morgan fingerprint density at radius 2 is 1.05 bits per heavy atom. The van der Waals surface area contributed by atoms with Crippen molar-refractivity contribution in [3.05, 3.63) is 0 Å². The summed E-state index contributed by atoms with van der Waals surface area (Å²) in [6.07, 6.45) is 17.5. The lowest BCUT2D eigenvalue weighted by atomic mass is 10.0. The summed E-state index contributed by atoms with van der Waals surface area (Å²) in [6.45, 7) is 2.25. The Kier molecular flexibility index (Phi) is 15.1. The van der Waals surface area contributed by atoms with Crippen molar-refractivity contribution in [1.82, 2.24) is 0 Å². The normalized spacial score (nSPS) is 14.2. The Hall–Kier alpha value is 0.110. The van der Waals surface area contributed by atoms with Gasteiger partial charge in [0.15, 0.2) is 0 Å². The highest BCUT2D eigenvalue weighted by molar-refractivity contribution is 7.52. The summed E-state index contributed by atoms with van der Waals surface area (Å²) in [5.74, 6) is 0. The quantitative estimate of drug-likeness (QED) is 0.155. The van der Waals surface area contributed by atoms with E-state index in [2.05, 4.69) is 11.6 Å². The van der Waals surface area contributed by atoms with Gasteiger partial charge in [-0.3, -0.25) is 4.57 Å². The molecule has 0 amide bonds. The van der Waals surface area contributed by atoms with Crippen LogP contribution in [0.25, 0.3) is 0 Å². The molecule has 4 nitrogen and oxygen atoms in total. The number of hydrogen-bond acceptors (Lipinski definition) is 3. The minimum atomic E-state index is -3.70. The zero-order valence-electron chi connectivity index (χ0n) is 13.8. The molecule has 5 heteroatoms. The van der Waals surface area contributed by atoms with E-state index in [1.165, 1.54) is 70.6 Å². The molecule has 0 aromatic carbocycles. The highest BCUT2D eigenvalue weighted by Crippen LogP contribution is 2.41. The fraction of sp³-hybridized carbons (Fsp3) is 1.00. The van der Waals surface area contributed by atoms with E-state index in [0.29, 0.717) is 6.42 Å². The summed E-state index contributed by atoms with van der Waals surface area (Å²) in [6, 6.07) is 0. The molecule has 0 aliphatic carbocycles. The van der Waals surface area contributed by atoms with Gasteiger partial charge in [-0.1, -0.05) is 90.4 Å². The zero-order chi connectivity index (χ0) is 15.8. The Balaban J connectivity index is 3.08. The highest BCUT2D eigenvalue weighted by Gasteiger charge is 2.17. The van der Waals surface area contributed by atoms with Crippen molar-refractivity contribution >= 4 is 7.60 Å². The van der Waals surface area contributed by atoms with Gasteiger partial charge in [-0.25, -0.2) is 5.26 Å². The molecule has 1 unspecified atom stereocenters. The lowest BCUT2D eigenvalue weighted by molar-refractivity contribution is -0.145. The van der Waals surface area contributed by atoms with Crippen LogP contribution in [0.1, 0.15) is 96.8 Å². The van der Waals surface area contributed by atoms with Gasteiger partial charge in [-0.15, -0.1) is 0 Å². The topological polar surface area (TPSA) is 66.8 Å². The molecule has 128 valence electrons. The maximum absolute atomic E-state index is 11.0. The Morgan fingerprint density at radius 3 is 1.38 bits per heavy atom. The molecule has 0 aliphatic heterocycles. The van der Waals surface area contributed by atoms with Crippen LogP contribution in [0.15, 0.2) is 0 Å². The minimum absolute atomic E-state index is 0.0571. The first-order valence-corrected chi connectivity index (χ1v) is 10.5. The standard InChI is InChI=1S/C16H35O4P/c1-2-3-4-5-6-7-8-9-10-11-12-13-14-15-16-21(18,19)20-17/h17H,2-16H2,1H3,(H,18,19). The molecule has 0 aliphatic rings. The lowest BCUT2D eigenvalue weighted by Gasteiger charge is -2.06. The molecule has 0 spiro atoms. The van der Waals surface area contributed by atoms with Crippen molar-refractivity contribution in [3.63, 3.8) is 0 Å². The van der Waals surface area contributed by atoms with E-state index in [9.17, 15) is 4.57 Å². The smallest absolute Gasteiger partial charge is 0.323 e. The predicted molar refractivity (Wildman–Crippen MR) is 88.7 cm³/mol. The third kappa shape index (κ3) is 16.3. The largest absolute Gasteiger partial charge is 0.355 e. The summed E-state index contributed by atoms with van der Waals surface area (Å²) in [5, 5.41) is 8.18. The SMILES string of the molecule is CCCCCCCCCCCCCCCCP(=O)(O)OO. The van der Waals surface area contributed by atoms with E-state index in [0.717, 1.165) is 12.8 Å². The molecular weight excluding hydrogens is 287 g/mol. The molecule has 2 N–H and O–H groups in total. The summed E-state index contributed by atoms with van der Waals surface area (Å²) >= 11 is 0. The molecule has 0 saturated carbocycles. The third-order valence-electron chi connectivity index (χ3n) is 3.92. The van der Waals surface area contributed by atoms with Gasteiger partial charge in [0, 0.05) is 0 Å². The van der Waals surface area contributed by atoms with Gasteiger partial charge in [-0.2, -0.15) is 4.67 Å². The van der Waals surface area contributed by atoms with Crippen LogP contribution in [-0.4, -0.2) is 16.3 Å². The van der Waals surface area contributed by atoms with Crippen LogP contribution in [0.5, 0.6) is 0 Å². The summed E-state index contributed by atoms with van der Waals surface area (Å²) < 4.78 is 14.5. The van der Waals surface area contributed by atoms with Gasteiger partial charge in [0.05, 0.1) is 6.16 Å². The van der Waals surface area contributed by atoms with E-state index >= 15 is 0 Å². The van der Waals surface area contributed by atoms with Crippen molar-refractivity contribution in [2.45, 2.75) is 96.8 Å². The first-order chi connectivity index (χ1) is 10.1. The number of rotatable bonds is 16. The molecule has 0 aromatic heterocycles. The van der Waals surface area contributed by atoms with Gasteiger partial charge in [0.1, 0.15) is 0 Å². The molecule has 1 atom stereocenters. The zero-order valence-corrected chi connectivity index (χ0v) is 14.7. The number of unbranched alkanes of at least 4 members (excludes halogenated alkanes) is 13. The monoisotopic (exact) mass is 322 g/mol. The van der Waals surface area contributed by atoms with Crippen molar-refractivity contribution in [2.75, 3.05) is 6.16 Å². The average molecular weight is 322 g/mol. The lowest BCUT2D eigenvalue weighted by Crippen LogP contribution is -1.92. The second-order valence-corrected chi connectivity index (χ2v) is 7.92. The Morgan fingerprint density at radius 1 is 0.714 bits per heavy atom. The van der Waals surface area contributed by atoms with Gasteiger partial charge < -0.3 is 4.89 Å². The van der Waals surface area contributed by atoms with Gasteiger partial charge in [-0.05, 0) is 6.42 Å². The van der Waals surface area contributed by atoms with E-state index < -0.39 is 7.60 Å². The fourth-order valence-electron chi connectivity index (χ4n) is 2.55. The molecule has 0 heterocycles. The van der Waals surface area contributed by atoms with Crippen molar-refractivity contribution < 1.29 is 19.4 Å². The average Bonchev–Trinajstić information content (AvgIpc) is 2.47. The van der Waals surface area contributed by atoms with E-state index in [1.54, 1.807) is 0 Å². The fourth-order valence-corrected chi connectivity index (χ4v) is 3.25. The van der Waals surface area contributed by atoms with Crippen LogP contribution in [0.2, 0.25) is 0 Å². The van der Waals surface area contributed by atoms with Crippen LogP contribution in [0, 0.1) is 0 Å². The van der Waals surface area contributed by atoms with Crippen molar-refractivity contribution in [2.24, 2.45) is 0 Å². The van der Waals surface area contributed by atoms with Gasteiger partial charge in [0.25, 0.3) is 0 Å². The maximum Gasteiger partial charge on any atom is 0.355 e. The summed E-state index contributed by atoms with van der Waals surface area (Å²) in [5.41, 5.74) is 0. The molecule has 0 aromatic rings. The predicted octanol–water partition coefficient (Wildman–Crippen LogP) is 6.14. The van der Waals surface area contributed by atoms with E-state index in [1.807, 2.05) is 0 Å². The minimum Gasteiger partial charge on any atom is -0.323 e. The van der Waals surface area contributed by atoms with Crippen LogP contribution < -0.4 is 0 Å². The van der Waals surface area contributed by atoms with Gasteiger partial charge in [0.2, 0.25) is 0 Å². The molecule has 0 bridgehead atoms. The molecule has 0 radical (unpaired) electrons. The maximum atomic E-state index is 11.0. The number of hydrogen-bond donors (Lipinski definition) is 2. The summed E-state index contributed by atoms with van der Waals surface area (Å²) in [4.78, 5) is 9.00. The summed E-state index contributed by atoms with van der Waals surface area (Å²) in [7, 11) is -3.70. The van der Waals surface area contributed by atoms with E-state index in [-0.39, 0.29) is 6.16 Å². The Bertz CT molecular complexity index is 259. The molecule has 21 heavy (non-hydrogen) atoms. The first-order valence-electron chi connectivity index (χ1n) is 8.77. The molecule has 0 saturated heterocycles. The second kappa shape index (κ2) is 15.0. The van der Waals surface area contributed by atoms with Crippen LogP contribution >= 0.6 is 7.60 Å². The first kappa shape index (κ1) is 21.1. The van der Waals surface area contributed by atoms with Gasteiger partial charge >= 0.3 is 7.60 Å². The van der Waals surface area contributed by atoms with Crippen molar-refractivity contribution in [1.29, 1.82) is 0 Å². The molecular formula is C16H35O4P. The van der Waals surface area contributed by atoms with E-state index in [4.69, 9.17) is 10.2 Å². The van der Waals surface area contributed by atoms with Crippen molar-refractivity contribution in [3.8, 4) is 0 Å². The van der Waals surface area contributed by atoms with Crippen LogP contribution in [0.3, 0.4) is 0 Å². The molecule has 0 rings (SSSR count). The third-order valence-corrected chi connectivity index (χ3v) is 5.06. The molecule has 0 fully saturated rings. The highest BCUT2D eigenvalue weighted by atomic mass is 31.2. The second-order valence-electron chi connectivity index (χ2n) is 6.04. The van der Waals surface area contributed by atoms with Crippen LogP contribution in [-0.2, 0) is 9.24 Å². The van der Waals surface area contributed by atoms with Crippen LogP contribution in [0.4, 0.5) is 0 Å².